The first-order valence-corrected chi connectivity index (χ1v) is 8.75. The van der Waals surface area contributed by atoms with Gasteiger partial charge in [-0.3, -0.25) is 0 Å². The van der Waals surface area contributed by atoms with Gasteiger partial charge < -0.3 is 5.73 Å². The Bertz CT molecular complexity index is 608. The van der Waals surface area contributed by atoms with Gasteiger partial charge in [-0.1, -0.05) is 0 Å². The summed E-state index contributed by atoms with van der Waals surface area (Å²) in [6.07, 6.45) is 0. The minimum absolute atomic E-state index is 0.218. The smallest absolute Gasteiger partial charge is 0.246 e. The van der Waals surface area contributed by atoms with E-state index in [1.807, 2.05) is 0 Å². The molecular formula is C12H16F2N2O2S2. The Kier molecular flexibility index (Phi) is 4.68. The molecule has 0 amide bonds. The van der Waals surface area contributed by atoms with Crippen LogP contribution >= 0.6 is 11.8 Å². The largest absolute Gasteiger partial charge is 0.326 e. The van der Waals surface area contributed by atoms with E-state index in [4.69, 9.17) is 5.73 Å². The number of nitrogens with zero attached hydrogens (tertiary/aromatic N) is 1. The van der Waals surface area contributed by atoms with E-state index >= 15 is 0 Å². The lowest BCUT2D eigenvalue weighted by molar-refractivity contribution is 0.365. The Morgan fingerprint density at radius 2 is 2.15 bits per heavy atom. The van der Waals surface area contributed by atoms with Crippen molar-refractivity contribution < 1.29 is 17.2 Å². The molecule has 1 atom stereocenters. The molecule has 4 nitrogen and oxygen atoms in total. The second kappa shape index (κ2) is 5.97. The van der Waals surface area contributed by atoms with Gasteiger partial charge in [-0.25, -0.2) is 17.2 Å². The monoisotopic (exact) mass is 322 g/mol. The van der Waals surface area contributed by atoms with Gasteiger partial charge in [0.1, 0.15) is 10.7 Å². The third kappa shape index (κ3) is 2.69. The zero-order chi connectivity index (χ0) is 14.9. The molecule has 2 rings (SSSR count). The van der Waals surface area contributed by atoms with E-state index in [-0.39, 0.29) is 12.6 Å². The lowest BCUT2D eigenvalue weighted by Crippen LogP contribution is -2.44. The first-order valence-electron chi connectivity index (χ1n) is 6.16. The summed E-state index contributed by atoms with van der Waals surface area (Å²) in [5, 5.41) is 0. The van der Waals surface area contributed by atoms with Crippen molar-refractivity contribution in [3.05, 3.63) is 29.3 Å². The van der Waals surface area contributed by atoms with Crippen LogP contribution in [0, 0.1) is 11.6 Å². The van der Waals surface area contributed by atoms with E-state index in [1.165, 1.54) is 4.31 Å². The van der Waals surface area contributed by atoms with Gasteiger partial charge in [0.25, 0.3) is 0 Å². The molecule has 0 aliphatic carbocycles. The molecule has 1 fully saturated rings. The molecule has 1 aliphatic heterocycles. The first kappa shape index (κ1) is 15.7. The Morgan fingerprint density at radius 1 is 1.45 bits per heavy atom. The van der Waals surface area contributed by atoms with Crippen molar-refractivity contribution in [2.45, 2.75) is 24.4 Å². The van der Waals surface area contributed by atoms with Gasteiger partial charge >= 0.3 is 0 Å². The Labute approximate surface area is 121 Å². The van der Waals surface area contributed by atoms with Crippen LogP contribution in [0.15, 0.2) is 17.0 Å². The second-order valence-corrected chi connectivity index (χ2v) is 7.59. The molecule has 1 unspecified atom stereocenters. The average molecular weight is 322 g/mol. The third-order valence-corrected chi connectivity index (χ3v) is 6.47. The quantitative estimate of drug-likeness (QED) is 0.917. The van der Waals surface area contributed by atoms with Crippen LogP contribution in [0.1, 0.15) is 12.5 Å². The maximum absolute atomic E-state index is 14.2. The molecule has 112 valence electrons. The van der Waals surface area contributed by atoms with E-state index in [2.05, 4.69) is 0 Å². The third-order valence-electron chi connectivity index (χ3n) is 3.25. The van der Waals surface area contributed by atoms with Gasteiger partial charge in [0.15, 0.2) is 5.82 Å². The first-order chi connectivity index (χ1) is 9.39. The minimum Gasteiger partial charge on any atom is -0.326 e. The molecule has 0 radical (unpaired) electrons. The number of hydrogen-bond acceptors (Lipinski definition) is 4. The number of sulfonamides is 1. The van der Waals surface area contributed by atoms with Crippen LogP contribution in [0.5, 0.6) is 0 Å². The molecule has 0 saturated carbocycles. The summed E-state index contributed by atoms with van der Waals surface area (Å²) >= 11 is 1.65. The normalized spacial score (nSPS) is 21.1. The zero-order valence-electron chi connectivity index (χ0n) is 11.0. The van der Waals surface area contributed by atoms with Gasteiger partial charge in [-0.2, -0.15) is 16.1 Å². The van der Waals surface area contributed by atoms with Gasteiger partial charge in [0.2, 0.25) is 10.0 Å². The van der Waals surface area contributed by atoms with Gasteiger partial charge in [-0.05, 0) is 19.1 Å². The van der Waals surface area contributed by atoms with Crippen LogP contribution in [0.4, 0.5) is 8.78 Å². The number of rotatable bonds is 3. The van der Waals surface area contributed by atoms with E-state index in [0.717, 1.165) is 12.1 Å². The van der Waals surface area contributed by atoms with Gasteiger partial charge in [-0.15, -0.1) is 0 Å². The predicted molar refractivity (Wildman–Crippen MR) is 74.9 cm³/mol. The molecule has 1 saturated heterocycles. The molecule has 1 heterocycles. The highest BCUT2D eigenvalue weighted by Crippen LogP contribution is 2.28. The average Bonchev–Trinajstić information content (AvgIpc) is 2.39. The molecule has 2 N–H and O–H groups in total. The maximum atomic E-state index is 14.2. The summed E-state index contributed by atoms with van der Waals surface area (Å²) in [5.74, 6) is -0.591. The van der Waals surface area contributed by atoms with Crippen molar-refractivity contribution in [2.24, 2.45) is 5.73 Å². The highest BCUT2D eigenvalue weighted by molar-refractivity contribution is 7.99. The molecule has 0 aromatic heterocycles. The highest BCUT2D eigenvalue weighted by atomic mass is 32.2. The summed E-state index contributed by atoms with van der Waals surface area (Å²) in [7, 11) is -3.97. The van der Waals surface area contributed by atoms with Crippen LogP contribution in [-0.2, 0) is 16.6 Å². The van der Waals surface area contributed by atoms with Gasteiger partial charge in [0.05, 0.1) is 0 Å². The van der Waals surface area contributed by atoms with Crippen molar-refractivity contribution in [3.8, 4) is 0 Å². The minimum atomic E-state index is -3.97. The fourth-order valence-electron chi connectivity index (χ4n) is 2.16. The molecular weight excluding hydrogens is 306 g/mol. The van der Waals surface area contributed by atoms with Crippen LogP contribution in [0.25, 0.3) is 0 Å². The van der Waals surface area contributed by atoms with Crippen LogP contribution in [0.2, 0.25) is 0 Å². The fraction of sp³-hybridized carbons (Fsp3) is 0.500. The van der Waals surface area contributed by atoms with Crippen LogP contribution in [0.3, 0.4) is 0 Å². The van der Waals surface area contributed by atoms with Crippen molar-refractivity contribution >= 4 is 21.8 Å². The van der Waals surface area contributed by atoms with Crippen LogP contribution < -0.4 is 5.73 Å². The van der Waals surface area contributed by atoms with Crippen molar-refractivity contribution in [2.75, 3.05) is 18.1 Å². The van der Waals surface area contributed by atoms with E-state index < -0.39 is 32.1 Å². The van der Waals surface area contributed by atoms with Crippen LogP contribution in [-0.4, -0.2) is 36.8 Å². The Hall–Kier alpha value is -0.700. The molecule has 20 heavy (non-hydrogen) atoms. The summed E-state index contributed by atoms with van der Waals surface area (Å²) in [4.78, 5) is -0.502. The molecule has 1 aliphatic rings. The predicted octanol–water partition coefficient (Wildman–Crippen LogP) is 1.55. The molecule has 1 aromatic carbocycles. The van der Waals surface area contributed by atoms with Crippen molar-refractivity contribution in [3.63, 3.8) is 0 Å². The fourth-order valence-corrected chi connectivity index (χ4v) is 5.10. The summed E-state index contributed by atoms with van der Waals surface area (Å²) < 4.78 is 53.9. The van der Waals surface area contributed by atoms with Crippen molar-refractivity contribution in [1.82, 2.24) is 4.31 Å². The summed E-state index contributed by atoms with van der Waals surface area (Å²) in [6.45, 7) is 1.71. The second-order valence-electron chi connectivity index (χ2n) is 4.58. The summed E-state index contributed by atoms with van der Waals surface area (Å²) in [6, 6.07) is 1.69. The van der Waals surface area contributed by atoms with E-state index in [0.29, 0.717) is 18.1 Å². The van der Waals surface area contributed by atoms with Gasteiger partial charge in [0, 0.05) is 36.2 Å². The lowest BCUT2D eigenvalue weighted by Gasteiger charge is -2.32. The maximum Gasteiger partial charge on any atom is 0.246 e. The number of hydrogen-bond donors (Lipinski definition) is 1. The van der Waals surface area contributed by atoms with E-state index in [9.17, 15) is 17.2 Å². The Morgan fingerprint density at radius 3 is 2.75 bits per heavy atom. The number of thioether (sulfide) groups is 1. The number of nitrogens with two attached hydrogens (primary N) is 1. The molecule has 0 bridgehead atoms. The van der Waals surface area contributed by atoms with Crippen molar-refractivity contribution in [1.29, 1.82) is 0 Å². The zero-order valence-corrected chi connectivity index (χ0v) is 12.6. The highest BCUT2D eigenvalue weighted by Gasteiger charge is 2.34. The molecule has 1 aromatic rings. The molecule has 8 heteroatoms. The number of halogens is 2. The molecule has 0 spiro atoms. The van der Waals surface area contributed by atoms with E-state index in [1.54, 1.807) is 18.7 Å². The Balaban J connectivity index is 2.49. The number of benzene rings is 1. The lowest BCUT2D eigenvalue weighted by atomic mass is 10.2. The summed E-state index contributed by atoms with van der Waals surface area (Å²) in [5.41, 5.74) is 4.88. The topological polar surface area (TPSA) is 63.4 Å². The standard InChI is InChI=1S/C12H16F2N2O2S2/c1-8-7-19-5-4-16(8)20(17,18)11-3-2-10(13)9(6-15)12(11)14/h2-3,8H,4-7,15H2,1H3. The SMILES string of the molecule is CC1CSCCN1S(=O)(=O)c1ccc(F)c(CN)c1F.